The highest BCUT2D eigenvalue weighted by Crippen LogP contribution is 2.38. The van der Waals surface area contributed by atoms with E-state index < -0.39 is 11.6 Å². The molecule has 1 aliphatic rings. The largest absolute Gasteiger partial charge is 0.382 e. The smallest absolute Gasteiger partial charge is 0.153 e. The van der Waals surface area contributed by atoms with Gasteiger partial charge in [-0.2, -0.15) is 5.10 Å². The van der Waals surface area contributed by atoms with Crippen molar-refractivity contribution >= 4 is 5.82 Å². The minimum atomic E-state index is -0.600. The van der Waals surface area contributed by atoms with E-state index in [0.29, 0.717) is 22.9 Å². The van der Waals surface area contributed by atoms with Crippen LogP contribution in [0.2, 0.25) is 0 Å². The number of rotatable bonds is 2. The Balaban J connectivity index is 2.03. The lowest BCUT2D eigenvalue weighted by atomic mass is 9.91. The van der Waals surface area contributed by atoms with Crippen LogP contribution in [0.3, 0.4) is 0 Å². The van der Waals surface area contributed by atoms with Gasteiger partial charge in [0.1, 0.15) is 11.6 Å². The lowest BCUT2D eigenvalue weighted by molar-refractivity contribution is 0.575. The number of halogens is 2. The Kier molecular flexibility index (Phi) is 3.90. The number of nitrogen functional groups attached to an aromatic ring is 1. The molecule has 2 aromatic rings. The van der Waals surface area contributed by atoms with Gasteiger partial charge in [-0.25, -0.2) is 8.78 Å². The van der Waals surface area contributed by atoms with Crippen molar-refractivity contribution in [2.75, 3.05) is 5.73 Å². The number of nitrogens with two attached hydrogens (primary N) is 1. The molecule has 112 valence electrons. The van der Waals surface area contributed by atoms with E-state index in [1.54, 1.807) is 0 Å². The lowest BCUT2D eigenvalue weighted by Gasteiger charge is -2.14. The summed E-state index contributed by atoms with van der Waals surface area (Å²) >= 11 is 0. The summed E-state index contributed by atoms with van der Waals surface area (Å²) in [6.07, 6.45) is 6.94. The summed E-state index contributed by atoms with van der Waals surface area (Å²) in [5.74, 6) is -0.562. The number of hydrogen-bond acceptors (Lipinski definition) is 2. The Bertz CT molecular complexity index is 608. The van der Waals surface area contributed by atoms with Crippen molar-refractivity contribution in [2.24, 2.45) is 0 Å². The summed E-state index contributed by atoms with van der Waals surface area (Å²) in [6.45, 7) is 0. The summed E-state index contributed by atoms with van der Waals surface area (Å²) in [7, 11) is 0. The van der Waals surface area contributed by atoms with Crippen LogP contribution in [0.1, 0.15) is 50.1 Å². The van der Waals surface area contributed by atoms with Gasteiger partial charge in [0.25, 0.3) is 0 Å². The van der Waals surface area contributed by atoms with Crippen molar-refractivity contribution in [3.05, 3.63) is 35.5 Å². The fourth-order valence-electron chi connectivity index (χ4n) is 3.24. The fraction of sp³-hybridized carbons (Fsp3) is 0.438. The Morgan fingerprint density at radius 2 is 1.62 bits per heavy atom. The van der Waals surface area contributed by atoms with Crippen LogP contribution in [0.15, 0.2) is 18.2 Å². The van der Waals surface area contributed by atoms with Gasteiger partial charge >= 0.3 is 0 Å². The predicted octanol–water partition coefficient (Wildman–Crippen LogP) is 4.37. The molecule has 1 aromatic carbocycles. The molecule has 3 N–H and O–H groups in total. The molecule has 1 saturated carbocycles. The summed E-state index contributed by atoms with van der Waals surface area (Å²) in [5, 5.41) is 7.06. The maximum atomic E-state index is 13.5. The topological polar surface area (TPSA) is 54.7 Å². The summed E-state index contributed by atoms with van der Waals surface area (Å²) in [5.41, 5.74) is 7.96. The van der Waals surface area contributed by atoms with Gasteiger partial charge in [0.2, 0.25) is 0 Å². The van der Waals surface area contributed by atoms with Gasteiger partial charge in [-0.1, -0.05) is 25.7 Å². The molecule has 3 rings (SSSR count). The molecule has 3 nitrogen and oxygen atoms in total. The molecule has 5 heteroatoms. The van der Waals surface area contributed by atoms with Crippen molar-refractivity contribution in [2.45, 2.75) is 44.4 Å². The first-order chi connectivity index (χ1) is 10.1. The SMILES string of the molecule is Nc1n[nH]c(C2CCCCCC2)c1-c1cc(F)cc(F)c1. The van der Waals surface area contributed by atoms with E-state index in [2.05, 4.69) is 10.2 Å². The van der Waals surface area contributed by atoms with E-state index in [1.807, 2.05) is 0 Å². The summed E-state index contributed by atoms with van der Waals surface area (Å²) in [6, 6.07) is 3.49. The minimum Gasteiger partial charge on any atom is -0.382 e. The van der Waals surface area contributed by atoms with Crippen LogP contribution < -0.4 is 5.73 Å². The van der Waals surface area contributed by atoms with Crippen LogP contribution in [-0.4, -0.2) is 10.2 Å². The molecule has 0 bridgehead atoms. The molecule has 0 spiro atoms. The summed E-state index contributed by atoms with van der Waals surface area (Å²) in [4.78, 5) is 0. The summed E-state index contributed by atoms with van der Waals surface area (Å²) < 4.78 is 27.0. The molecule has 0 radical (unpaired) electrons. The minimum absolute atomic E-state index is 0.305. The van der Waals surface area contributed by atoms with Crippen molar-refractivity contribution in [1.29, 1.82) is 0 Å². The third-order valence-electron chi connectivity index (χ3n) is 4.24. The first-order valence-electron chi connectivity index (χ1n) is 7.45. The van der Waals surface area contributed by atoms with Gasteiger partial charge in [-0.05, 0) is 30.5 Å². The molecule has 1 heterocycles. The molecular weight excluding hydrogens is 272 g/mol. The number of anilines is 1. The van der Waals surface area contributed by atoms with Crippen molar-refractivity contribution in [3.63, 3.8) is 0 Å². The number of nitrogens with one attached hydrogen (secondary N) is 1. The molecule has 0 atom stereocenters. The molecule has 1 aliphatic carbocycles. The number of nitrogens with zero attached hydrogens (tertiary/aromatic N) is 1. The number of benzene rings is 1. The zero-order valence-electron chi connectivity index (χ0n) is 11.8. The Labute approximate surface area is 122 Å². The first-order valence-corrected chi connectivity index (χ1v) is 7.45. The third-order valence-corrected chi connectivity index (χ3v) is 4.24. The molecule has 21 heavy (non-hydrogen) atoms. The van der Waals surface area contributed by atoms with Gasteiger partial charge < -0.3 is 5.73 Å². The van der Waals surface area contributed by atoms with E-state index in [4.69, 9.17) is 5.73 Å². The molecule has 0 unspecified atom stereocenters. The van der Waals surface area contributed by atoms with E-state index in [9.17, 15) is 8.78 Å². The average molecular weight is 291 g/mol. The first kappa shape index (κ1) is 14.0. The zero-order chi connectivity index (χ0) is 14.8. The molecule has 0 saturated heterocycles. The highest BCUT2D eigenvalue weighted by Gasteiger charge is 2.23. The number of hydrogen-bond donors (Lipinski definition) is 2. The molecule has 1 aromatic heterocycles. The quantitative estimate of drug-likeness (QED) is 0.807. The van der Waals surface area contributed by atoms with Crippen LogP contribution in [0, 0.1) is 11.6 Å². The maximum Gasteiger partial charge on any atom is 0.153 e. The van der Waals surface area contributed by atoms with E-state index >= 15 is 0 Å². The predicted molar refractivity (Wildman–Crippen MR) is 78.8 cm³/mol. The van der Waals surface area contributed by atoms with E-state index in [-0.39, 0.29) is 0 Å². The second-order valence-corrected chi connectivity index (χ2v) is 5.74. The molecule has 1 fully saturated rings. The van der Waals surface area contributed by atoms with E-state index in [0.717, 1.165) is 24.6 Å². The number of aromatic amines is 1. The van der Waals surface area contributed by atoms with Gasteiger partial charge in [-0.3, -0.25) is 5.10 Å². The van der Waals surface area contributed by atoms with Crippen LogP contribution in [-0.2, 0) is 0 Å². The van der Waals surface area contributed by atoms with Crippen LogP contribution >= 0.6 is 0 Å². The second-order valence-electron chi connectivity index (χ2n) is 5.74. The Hall–Kier alpha value is -1.91. The normalized spacial score (nSPS) is 16.9. The number of aromatic nitrogens is 2. The number of H-pyrrole nitrogens is 1. The van der Waals surface area contributed by atoms with Gasteiger partial charge in [-0.15, -0.1) is 0 Å². The zero-order valence-corrected chi connectivity index (χ0v) is 11.8. The molecular formula is C16H19F2N3. The monoisotopic (exact) mass is 291 g/mol. The van der Waals surface area contributed by atoms with Crippen molar-refractivity contribution < 1.29 is 8.78 Å². The fourth-order valence-corrected chi connectivity index (χ4v) is 3.24. The maximum absolute atomic E-state index is 13.5. The van der Waals surface area contributed by atoms with Crippen LogP contribution in [0.25, 0.3) is 11.1 Å². The average Bonchev–Trinajstić information content (AvgIpc) is 2.65. The Morgan fingerprint density at radius 1 is 1.00 bits per heavy atom. The van der Waals surface area contributed by atoms with Crippen molar-refractivity contribution in [1.82, 2.24) is 10.2 Å². The lowest BCUT2D eigenvalue weighted by Crippen LogP contribution is -2.01. The molecule has 0 amide bonds. The standard InChI is InChI=1S/C16H19F2N3/c17-12-7-11(8-13(18)9-12)14-15(20-21-16(14)19)10-5-3-1-2-4-6-10/h7-10H,1-6H2,(H3,19,20,21). The van der Waals surface area contributed by atoms with Crippen molar-refractivity contribution in [3.8, 4) is 11.1 Å². The second kappa shape index (κ2) is 5.84. The highest BCUT2D eigenvalue weighted by atomic mass is 19.1. The van der Waals surface area contributed by atoms with Gasteiger partial charge in [0.15, 0.2) is 5.82 Å². The third kappa shape index (κ3) is 2.91. The Morgan fingerprint density at radius 3 is 2.24 bits per heavy atom. The van der Waals surface area contributed by atoms with Gasteiger partial charge in [0.05, 0.1) is 0 Å². The molecule has 0 aliphatic heterocycles. The van der Waals surface area contributed by atoms with Gasteiger partial charge in [0, 0.05) is 23.2 Å². The van der Waals surface area contributed by atoms with E-state index in [1.165, 1.54) is 37.8 Å². The highest BCUT2D eigenvalue weighted by molar-refractivity contribution is 5.76. The van der Waals surface area contributed by atoms with Crippen LogP contribution in [0.4, 0.5) is 14.6 Å². The van der Waals surface area contributed by atoms with Crippen LogP contribution in [0.5, 0.6) is 0 Å².